The molecule has 2 aromatic rings. The molecule has 19 heavy (non-hydrogen) atoms. The van der Waals surface area contributed by atoms with Crippen LogP contribution in [0.25, 0.3) is 6.08 Å². The molecule has 0 radical (unpaired) electrons. The number of aryl methyl sites for hydroxylation is 1. The zero-order valence-electron chi connectivity index (χ0n) is 10.4. The molecular weight excluding hydrogens is 262 g/mol. The summed E-state index contributed by atoms with van der Waals surface area (Å²) in [6.07, 6.45) is 3.39. The predicted octanol–water partition coefficient (Wildman–Crippen LogP) is 2.49. The zero-order chi connectivity index (χ0) is 14.0. The molecule has 0 atom stereocenters. The number of hydrogen-bond acceptors (Lipinski definition) is 3. The Kier molecular flexibility index (Phi) is 3.40. The summed E-state index contributed by atoms with van der Waals surface area (Å²) in [6.45, 7) is 5.44. The fourth-order valence-corrected chi connectivity index (χ4v) is 3.05. The van der Waals surface area contributed by atoms with Crippen molar-refractivity contribution in [1.29, 1.82) is 0 Å². The van der Waals surface area contributed by atoms with E-state index in [-0.39, 0.29) is 10.6 Å². The number of hydrogen-bond donors (Lipinski definition) is 0. The lowest BCUT2D eigenvalue weighted by molar-refractivity contribution is 0.111. The molecule has 1 heterocycles. The van der Waals surface area contributed by atoms with E-state index in [0.29, 0.717) is 11.8 Å². The van der Waals surface area contributed by atoms with Crippen LogP contribution in [0.2, 0.25) is 0 Å². The van der Waals surface area contributed by atoms with E-state index in [2.05, 4.69) is 6.58 Å². The molecule has 0 amide bonds. The summed E-state index contributed by atoms with van der Waals surface area (Å²) in [6, 6.07) is 7.95. The summed E-state index contributed by atoms with van der Waals surface area (Å²) in [4.78, 5) is 11.1. The highest BCUT2D eigenvalue weighted by atomic mass is 32.2. The highest BCUT2D eigenvalue weighted by Crippen LogP contribution is 2.19. The van der Waals surface area contributed by atoms with E-state index in [1.54, 1.807) is 12.1 Å². The first-order valence-corrected chi connectivity index (χ1v) is 7.05. The molecule has 0 fully saturated rings. The maximum atomic E-state index is 12.4. The van der Waals surface area contributed by atoms with Crippen LogP contribution in [-0.2, 0) is 10.0 Å². The Morgan fingerprint density at radius 2 is 1.84 bits per heavy atom. The minimum absolute atomic E-state index is 0.0791. The minimum Gasteiger partial charge on any atom is -0.296 e. The Bertz CT molecular complexity index is 725. The lowest BCUT2D eigenvalue weighted by Crippen LogP contribution is -2.14. The maximum Gasteiger partial charge on any atom is 0.268 e. The number of carbonyl (C=O) groups is 1. The Hall–Kier alpha value is -2.14. The molecule has 0 aliphatic heterocycles. The third kappa shape index (κ3) is 2.37. The van der Waals surface area contributed by atoms with Gasteiger partial charge in [-0.3, -0.25) is 4.79 Å². The van der Waals surface area contributed by atoms with Crippen molar-refractivity contribution in [3.63, 3.8) is 0 Å². The highest BCUT2D eigenvalue weighted by Gasteiger charge is 2.19. The lowest BCUT2D eigenvalue weighted by atomic mass is 10.2. The Labute approximate surface area is 112 Å². The number of benzene rings is 1. The van der Waals surface area contributed by atoms with Gasteiger partial charge in [0.2, 0.25) is 0 Å². The Morgan fingerprint density at radius 3 is 2.37 bits per heavy atom. The van der Waals surface area contributed by atoms with Crippen LogP contribution in [0.5, 0.6) is 0 Å². The van der Waals surface area contributed by atoms with Gasteiger partial charge in [-0.15, -0.1) is 0 Å². The molecule has 1 aromatic heterocycles. The first-order chi connectivity index (χ1) is 8.98. The molecule has 4 nitrogen and oxygen atoms in total. The second kappa shape index (κ2) is 4.85. The molecule has 0 spiro atoms. The summed E-state index contributed by atoms with van der Waals surface area (Å²) in [5, 5.41) is 0. The van der Waals surface area contributed by atoms with E-state index in [1.165, 1.54) is 30.5 Å². The summed E-state index contributed by atoms with van der Waals surface area (Å²) in [5.74, 6) is 0. The quantitative estimate of drug-likeness (QED) is 0.805. The van der Waals surface area contributed by atoms with Gasteiger partial charge < -0.3 is 0 Å². The van der Waals surface area contributed by atoms with Crippen molar-refractivity contribution in [2.75, 3.05) is 0 Å². The maximum absolute atomic E-state index is 12.4. The number of nitrogens with zero attached hydrogens (tertiary/aromatic N) is 1. The first-order valence-electron chi connectivity index (χ1n) is 5.61. The van der Waals surface area contributed by atoms with E-state index in [4.69, 9.17) is 0 Å². The van der Waals surface area contributed by atoms with Crippen LogP contribution < -0.4 is 0 Å². The van der Waals surface area contributed by atoms with E-state index in [1.807, 2.05) is 6.92 Å². The summed E-state index contributed by atoms with van der Waals surface area (Å²) < 4.78 is 25.8. The van der Waals surface area contributed by atoms with E-state index in [0.717, 1.165) is 9.54 Å². The molecule has 2 rings (SSSR count). The van der Waals surface area contributed by atoms with Gasteiger partial charge >= 0.3 is 0 Å². The van der Waals surface area contributed by atoms with Crippen molar-refractivity contribution in [2.24, 2.45) is 0 Å². The molecule has 0 saturated heterocycles. The Morgan fingerprint density at radius 1 is 1.21 bits per heavy atom. The molecule has 0 saturated carbocycles. The van der Waals surface area contributed by atoms with Gasteiger partial charge in [0.25, 0.3) is 10.0 Å². The smallest absolute Gasteiger partial charge is 0.268 e. The van der Waals surface area contributed by atoms with Crippen molar-refractivity contribution in [2.45, 2.75) is 11.8 Å². The summed E-state index contributed by atoms with van der Waals surface area (Å²) in [7, 11) is -3.75. The van der Waals surface area contributed by atoms with Crippen LogP contribution in [0, 0.1) is 6.92 Å². The Balaban J connectivity index is 2.62. The third-order valence-corrected chi connectivity index (χ3v) is 4.47. The normalized spacial score (nSPS) is 11.2. The third-order valence-electron chi connectivity index (χ3n) is 2.77. The molecule has 0 unspecified atom stereocenters. The fourth-order valence-electron chi connectivity index (χ4n) is 1.71. The van der Waals surface area contributed by atoms with Gasteiger partial charge in [-0.1, -0.05) is 30.4 Å². The zero-order valence-corrected chi connectivity index (χ0v) is 11.2. The second-order valence-electron chi connectivity index (χ2n) is 4.13. The number of aldehydes is 1. The van der Waals surface area contributed by atoms with Crippen LogP contribution in [0.1, 0.15) is 21.6 Å². The molecule has 0 aliphatic carbocycles. The van der Waals surface area contributed by atoms with Crippen molar-refractivity contribution >= 4 is 22.4 Å². The molecule has 98 valence electrons. The number of rotatable bonds is 4. The summed E-state index contributed by atoms with van der Waals surface area (Å²) >= 11 is 0. The van der Waals surface area contributed by atoms with E-state index < -0.39 is 10.0 Å². The average Bonchev–Trinajstić information content (AvgIpc) is 2.83. The predicted molar refractivity (Wildman–Crippen MR) is 73.7 cm³/mol. The molecule has 1 aromatic carbocycles. The topological polar surface area (TPSA) is 56.1 Å². The monoisotopic (exact) mass is 275 g/mol. The fraction of sp³-hybridized carbons (Fsp3) is 0.0714. The van der Waals surface area contributed by atoms with Crippen LogP contribution in [0.4, 0.5) is 0 Å². The van der Waals surface area contributed by atoms with Gasteiger partial charge in [0, 0.05) is 6.20 Å². The molecule has 5 heteroatoms. The van der Waals surface area contributed by atoms with Crippen LogP contribution in [0.15, 0.2) is 48.0 Å². The van der Waals surface area contributed by atoms with Crippen LogP contribution >= 0.6 is 0 Å². The molecular formula is C14H13NO3S. The van der Waals surface area contributed by atoms with Gasteiger partial charge in [-0.25, -0.2) is 12.4 Å². The standard InChI is InChI=1S/C14H13NO3S/c1-3-12-8-13(10-16)15(9-12)19(17,18)14-6-4-11(2)5-7-14/h3-10H,1H2,2H3. The van der Waals surface area contributed by atoms with Crippen LogP contribution in [0.3, 0.4) is 0 Å². The lowest BCUT2D eigenvalue weighted by Gasteiger charge is -2.07. The molecule has 0 aliphatic rings. The van der Waals surface area contributed by atoms with E-state index in [9.17, 15) is 13.2 Å². The largest absolute Gasteiger partial charge is 0.296 e. The first kappa shape index (κ1) is 13.3. The SMILES string of the molecule is C=Cc1cc(C=O)n(S(=O)(=O)c2ccc(C)cc2)c1. The van der Waals surface area contributed by atoms with Gasteiger partial charge in [0.15, 0.2) is 6.29 Å². The summed E-state index contributed by atoms with van der Waals surface area (Å²) in [5.41, 5.74) is 1.63. The van der Waals surface area contributed by atoms with E-state index >= 15 is 0 Å². The van der Waals surface area contributed by atoms with Gasteiger partial charge in [-0.2, -0.15) is 0 Å². The van der Waals surface area contributed by atoms with Crippen molar-refractivity contribution < 1.29 is 13.2 Å². The van der Waals surface area contributed by atoms with Crippen LogP contribution in [-0.4, -0.2) is 18.7 Å². The minimum atomic E-state index is -3.75. The van der Waals surface area contributed by atoms with Gasteiger partial charge in [0.05, 0.1) is 10.6 Å². The second-order valence-corrected chi connectivity index (χ2v) is 5.95. The van der Waals surface area contributed by atoms with Crippen molar-refractivity contribution in [1.82, 2.24) is 3.97 Å². The van der Waals surface area contributed by atoms with Gasteiger partial charge in [-0.05, 0) is 30.7 Å². The number of aromatic nitrogens is 1. The van der Waals surface area contributed by atoms with Crippen molar-refractivity contribution in [3.05, 3.63) is 59.9 Å². The molecule has 0 bridgehead atoms. The average molecular weight is 275 g/mol. The number of carbonyl (C=O) groups excluding carboxylic acids is 1. The molecule has 0 N–H and O–H groups in total. The van der Waals surface area contributed by atoms with Crippen molar-refractivity contribution in [3.8, 4) is 0 Å². The highest BCUT2D eigenvalue weighted by molar-refractivity contribution is 7.90. The van der Waals surface area contributed by atoms with Gasteiger partial charge in [0.1, 0.15) is 0 Å².